The van der Waals surface area contributed by atoms with E-state index in [1.165, 1.54) is 11.1 Å². The Balaban J connectivity index is 1.47. The van der Waals surface area contributed by atoms with Crippen LogP contribution in [0.3, 0.4) is 0 Å². The number of aromatic hydroxyl groups is 1. The van der Waals surface area contributed by atoms with Crippen molar-refractivity contribution in [1.29, 1.82) is 0 Å². The number of nitrogens with one attached hydrogen (secondary N) is 1. The highest BCUT2D eigenvalue weighted by atomic mass is 16.3. The molecule has 2 aromatic carbocycles. The average molecular weight is 336 g/mol. The molecule has 3 rings (SSSR count). The molecule has 1 aliphatic heterocycles. The van der Waals surface area contributed by atoms with E-state index in [1.54, 1.807) is 12.1 Å². The van der Waals surface area contributed by atoms with E-state index in [0.717, 1.165) is 30.6 Å². The van der Waals surface area contributed by atoms with E-state index in [-0.39, 0.29) is 11.7 Å². The molecule has 4 nitrogen and oxygen atoms in total. The fourth-order valence-corrected chi connectivity index (χ4v) is 2.96. The Kier molecular flexibility index (Phi) is 5.51. The van der Waals surface area contributed by atoms with E-state index in [0.29, 0.717) is 13.1 Å². The number of phenolic OH excluding ortho intramolecular Hbond substituents is 1. The van der Waals surface area contributed by atoms with Gasteiger partial charge in [0.25, 0.3) is 0 Å². The summed E-state index contributed by atoms with van der Waals surface area (Å²) < 4.78 is 0. The molecule has 0 fully saturated rings. The highest BCUT2D eigenvalue weighted by Crippen LogP contribution is 2.23. The number of aryl methyl sites for hydroxylation is 1. The van der Waals surface area contributed by atoms with Crippen LogP contribution in [0.2, 0.25) is 0 Å². The van der Waals surface area contributed by atoms with Crippen LogP contribution in [0.4, 0.5) is 0 Å². The second-order valence-corrected chi connectivity index (χ2v) is 6.52. The zero-order chi connectivity index (χ0) is 17.6. The Morgan fingerprint density at radius 1 is 1.12 bits per heavy atom. The zero-order valence-electron chi connectivity index (χ0n) is 14.5. The summed E-state index contributed by atoms with van der Waals surface area (Å²) in [5.74, 6) is 0.342. The van der Waals surface area contributed by atoms with Gasteiger partial charge in [0.1, 0.15) is 5.75 Å². The highest BCUT2D eigenvalue weighted by Gasteiger charge is 2.15. The quantitative estimate of drug-likeness (QED) is 0.882. The summed E-state index contributed by atoms with van der Waals surface area (Å²) in [7, 11) is 0. The van der Waals surface area contributed by atoms with E-state index in [1.807, 2.05) is 24.3 Å². The van der Waals surface area contributed by atoms with Crippen LogP contribution in [-0.4, -0.2) is 35.5 Å². The molecule has 2 N–H and O–H groups in total. The van der Waals surface area contributed by atoms with Crippen LogP contribution in [0, 0.1) is 6.92 Å². The third-order valence-corrected chi connectivity index (χ3v) is 4.51. The van der Waals surface area contributed by atoms with Crippen molar-refractivity contribution in [2.24, 2.45) is 0 Å². The SMILES string of the molecule is Cc1ccc(CNC(=O)CN2CC=C(c3ccc(O)cc3)CC2)cc1. The largest absolute Gasteiger partial charge is 0.508 e. The molecule has 0 unspecified atom stereocenters. The molecule has 0 spiro atoms. The lowest BCUT2D eigenvalue weighted by Gasteiger charge is -2.26. The standard InChI is InChI=1S/C21H24N2O2/c1-16-2-4-17(5-3-16)14-22-21(25)15-23-12-10-19(11-13-23)18-6-8-20(24)9-7-18/h2-10,24H,11-15H2,1H3,(H,22,25). The third-order valence-electron chi connectivity index (χ3n) is 4.51. The van der Waals surface area contributed by atoms with Crippen LogP contribution in [0.1, 0.15) is 23.1 Å². The fourth-order valence-electron chi connectivity index (χ4n) is 2.96. The minimum absolute atomic E-state index is 0.0575. The maximum Gasteiger partial charge on any atom is 0.234 e. The molecule has 4 heteroatoms. The smallest absolute Gasteiger partial charge is 0.234 e. The lowest BCUT2D eigenvalue weighted by atomic mass is 9.99. The molecule has 0 saturated carbocycles. The molecule has 1 aliphatic rings. The number of rotatable bonds is 5. The number of benzene rings is 2. The summed E-state index contributed by atoms with van der Waals surface area (Å²) >= 11 is 0. The second-order valence-electron chi connectivity index (χ2n) is 6.52. The number of phenols is 1. The highest BCUT2D eigenvalue weighted by molar-refractivity contribution is 5.78. The fraction of sp³-hybridized carbons (Fsp3) is 0.286. The normalized spacial score (nSPS) is 14.8. The third kappa shape index (κ3) is 4.94. The number of carbonyl (C=O) groups is 1. The van der Waals surface area contributed by atoms with Crippen molar-refractivity contribution in [1.82, 2.24) is 10.2 Å². The number of amides is 1. The summed E-state index contributed by atoms with van der Waals surface area (Å²) in [6.45, 7) is 4.68. The first-order chi connectivity index (χ1) is 12.1. The summed E-state index contributed by atoms with van der Waals surface area (Å²) in [4.78, 5) is 14.3. The van der Waals surface area contributed by atoms with Gasteiger partial charge in [0.15, 0.2) is 0 Å². The number of nitrogens with zero attached hydrogens (tertiary/aromatic N) is 1. The molecule has 130 valence electrons. The van der Waals surface area contributed by atoms with Crippen LogP contribution in [-0.2, 0) is 11.3 Å². The first-order valence-electron chi connectivity index (χ1n) is 8.63. The minimum Gasteiger partial charge on any atom is -0.508 e. The van der Waals surface area contributed by atoms with Gasteiger partial charge in [-0.15, -0.1) is 0 Å². The van der Waals surface area contributed by atoms with Gasteiger partial charge in [0.05, 0.1) is 6.54 Å². The van der Waals surface area contributed by atoms with Gasteiger partial charge in [-0.1, -0.05) is 48.0 Å². The predicted octanol–water partition coefficient (Wildman–Crippen LogP) is 3.11. The lowest BCUT2D eigenvalue weighted by molar-refractivity contribution is -0.122. The summed E-state index contributed by atoms with van der Waals surface area (Å²) in [5, 5.41) is 12.4. The van der Waals surface area contributed by atoms with Crippen LogP contribution in [0.5, 0.6) is 5.75 Å². The van der Waals surface area contributed by atoms with Gasteiger partial charge in [-0.25, -0.2) is 0 Å². The van der Waals surface area contributed by atoms with Crippen molar-refractivity contribution in [3.05, 3.63) is 71.3 Å². The molecule has 0 aliphatic carbocycles. The number of hydrogen-bond donors (Lipinski definition) is 2. The van der Waals surface area contributed by atoms with Gasteiger partial charge in [-0.2, -0.15) is 0 Å². The maximum atomic E-state index is 12.1. The molecule has 25 heavy (non-hydrogen) atoms. The summed E-state index contributed by atoms with van der Waals surface area (Å²) in [6, 6.07) is 15.5. The van der Waals surface area contributed by atoms with Crippen molar-refractivity contribution in [3.8, 4) is 5.75 Å². The topological polar surface area (TPSA) is 52.6 Å². The Hall–Kier alpha value is -2.59. The minimum atomic E-state index is 0.0575. The van der Waals surface area contributed by atoms with E-state index < -0.39 is 0 Å². The van der Waals surface area contributed by atoms with Gasteiger partial charge in [-0.3, -0.25) is 9.69 Å². The zero-order valence-corrected chi connectivity index (χ0v) is 14.5. The van der Waals surface area contributed by atoms with E-state index in [2.05, 4.69) is 35.3 Å². The summed E-state index contributed by atoms with van der Waals surface area (Å²) in [5.41, 5.74) is 4.75. The molecule has 0 atom stereocenters. The Morgan fingerprint density at radius 3 is 2.48 bits per heavy atom. The molecule has 2 aromatic rings. The monoisotopic (exact) mass is 336 g/mol. The van der Waals surface area contributed by atoms with Crippen LogP contribution >= 0.6 is 0 Å². The van der Waals surface area contributed by atoms with E-state index in [9.17, 15) is 9.90 Å². The molecule has 0 bridgehead atoms. The first-order valence-corrected chi connectivity index (χ1v) is 8.63. The van der Waals surface area contributed by atoms with E-state index >= 15 is 0 Å². The van der Waals surface area contributed by atoms with Gasteiger partial charge < -0.3 is 10.4 Å². The van der Waals surface area contributed by atoms with Crippen molar-refractivity contribution >= 4 is 11.5 Å². The van der Waals surface area contributed by atoms with Crippen molar-refractivity contribution in [2.75, 3.05) is 19.6 Å². The van der Waals surface area contributed by atoms with Gasteiger partial charge in [0.2, 0.25) is 5.91 Å². The van der Waals surface area contributed by atoms with Crippen molar-refractivity contribution < 1.29 is 9.90 Å². The lowest BCUT2D eigenvalue weighted by Crippen LogP contribution is -2.39. The summed E-state index contributed by atoms with van der Waals surface area (Å²) in [6.07, 6.45) is 3.08. The van der Waals surface area contributed by atoms with Crippen LogP contribution < -0.4 is 5.32 Å². The number of hydrogen-bond acceptors (Lipinski definition) is 3. The molecule has 0 radical (unpaired) electrons. The Bertz CT molecular complexity index is 748. The molecular formula is C21H24N2O2. The molecule has 1 heterocycles. The average Bonchev–Trinajstić information content (AvgIpc) is 2.63. The molecular weight excluding hydrogens is 312 g/mol. The first kappa shape index (κ1) is 17.2. The Labute approximate surface area is 148 Å². The number of carbonyl (C=O) groups excluding carboxylic acids is 1. The predicted molar refractivity (Wildman–Crippen MR) is 100 cm³/mol. The van der Waals surface area contributed by atoms with Crippen molar-refractivity contribution in [2.45, 2.75) is 19.9 Å². The molecule has 0 saturated heterocycles. The van der Waals surface area contributed by atoms with Crippen LogP contribution in [0.25, 0.3) is 5.57 Å². The maximum absolute atomic E-state index is 12.1. The van der Waals surface area contributed by atoms with Crippen molar-refractivity contribution in [3.63, 3.8) is 0 Å². The molecule has 0 aromatic heterocycles. The van der Waals surface area contributed by atoms with Gasteiger partial charge in [0, 0.05) is 19.6 Å². The van der Waals surface area contributed by atoms with E-state index in [4.69, 9.17) is 0 Å². The van der Waals surface area contributed by atoms with Gasteiger partial charge >= 0.3 is 0 Å². The van der Waals surface area contributed by atoms with Gasteiger partial charge in [-0.05, 0) is 42.2 Å². The Morgan fingerprint density at radius 2 is 1.84 bits per heavy atom. The molecule has 1 amide bonds. The second kappa shape index (κ2) is 7.99. The van der Waals surface area contributed by atoms with Crippen LogP contribution in [0.15, 0.2) is 54.6 Å².